The van der Waals surface area contributed by atoms with Crippen molar-refractivity contribution in [3.8, 4) is 0 Å². The van der Waals surface area contributed by atoms with Crippen LogP contribution in [0.1, 0.15) is 29.4 Å². The van der Waals surface area contributed by atoms with Crippen molar-refractivity contribution in [3.63, 3.8) is 0 Å². The Labute approximate surface area is 80.7 Å². The van der Waals surface area contributed by atoms with E-state index < -0.39 is 5.97 Å². The molecular formula is C8H12N4O2. The number of carboxylic acid groups (broad SMARTS) is 1. The van der Waals surface area contributed by atoms with E-state index in [-0.39, 0.29) is 11.7 Å². The number of nitrogens with zero attached hydrogens (tertiary/aromatic N) is 3. The molecule has 2 rings (SSSR count). The Morgan fingerprint density at radius 2 is 2.43 bits per heavy atom. The molecule has 1 aromatic rings. The number of carboxylic acids is 1. The van der Waals surface area contributed by atoms with E-state index in [1.54, 1.807) is 4.68 Å². The quantitative estimate of drug-likeness (QED) is 0.703. The van der Waals surface area contributed by atoms with Crippen LogP contribution in [0.15, 0.2) is 6.20 Å². The van der Waals surface area contributed by atoms with E-state index in [9.17, 15) is 4.79 Å². The average Bonchev–Trinajstić information content (AvgIpc) is 2.51. The van der Waals surface area contributed by atoms with Gasteiger partial charge in [0.25, 0.3) is 0 Å². The van der Waals surface area contributed by atoms with Crippen LogP contribution in [0, 0.1) is 5.92 Å². The minimum atomic E-state index is -1.04. The molecule has 0 radical (unpaired) electrons. The Balaban J connectivity index is 2.01. The van der Waals surface area contributed by atoms with E-state index in [1.807, 2.05) is 0 Å². The summed E-state index contributed by atoms with van der Waals surface area (Å²) in [5, 5.41) is 16.0. The molecule has 0 atom stereocenters. The Kier molecular flexibility index (Phi) is 2.20. The van der Waals surface area contributed by atoms with E-state index >= 15 is 0 Å². The number of aromatic carboxylic acids is 1. The topological polar surface area (TPSA) is 94.0 Å². The van der Waals surface area contributed by atoms with Crippen LogP contribution in [0.5, 0.6) is 0 Å². The lowest BCUT2D eigenvalue weighted by Gasteiger charge is -2.33. The summed E-state index contributed by atoms with van der Waals surface area (Å²) < 4.78 is 1.62. The number of nitrogens with two attached hydrogens (primary N) is 1. The van der Waals surface area contributed by atoms with Crippen LogP contribution in [-0.2, 0) is 0 Å². The SMILES string of the molecule is NCC1CC(n2cc(C(=O)O)nn2)C1. The summed E-state index contributed by atoms with van der Waals surface area (Å²) in [6.45, 7) is 0.691. The molecule has 3 N–H and O–H groups in total. The highest BCUT2D eigenvalue weighted by Crippen LogP contribution is 2.36. The fourth-order valence-electron chi connectivity index (χ4n) is 1.66. The first-order valence-electron chi connectivity index (χ1n) is 4.56. The first-order chi connectivity index (χ1) is 6.70. The molecule has 1 saturated carbocycles. The van der Waals surface area contributed by atoms with Gasteiger partial charge < -0.3 is 10.8 Å². The van der Waals surface area contributed by atoms with Crippen LogP contribution in [0.2, 0.25) is 0 Å². The van der Waals surface area contributed by atoms with Gasteiger partial charge in [-0.2, -0.15) is 0 Å². The molecule has 0 unspecified atom stereocenters. The summed E-state index contributed by atoms with van der Waals surface area (Å²) in [6, 6.07) is 0.282. The van der Waals surface area contributed by atoms with E-state index in [2.05, 4.69) is 10.3 Å². The van der Waals surface area contributed by atoms with Crippen molar-refractivity contribution in [2.24, 2.45) is 11.7 Å². The predicted molar refractivity (Wildman–Crippen MR) is 47.8 cm³/mol. The molecule has 0 saturated heterocycles. The van der Waals surface area contributed by atoms with E-state index in [0.29, 0.717) is 12.5 Å². The van der Waals surface area contributed by atoms with Gasteiger partial charge in [0.2, 0.25) is 0 Å². The highest BCUT2D eigenvalue weighted by molar-refractivity contribution is 5.84. The molecule has 0 bridgehead atoms. The molecular weight excluding hydrogens is 184 g/mol. The number of hydrogen-bond donors (Lipinski definition) is 2. The van der Waals surface area contributed by atoms with E-state index in [1.165, 1.54) is 6.20 Å². The predicted octanol–water partition coefficient (Wildman–Crippen LogP) is -0.114. The lowest BCUT2D eigenvalue weighted by atomic mass is 9.80. The van der Waals surface area contributed by atoms with Crippen LogP contribution in [0.25, 0.3) is 0 Å². The normalized spacial score (nSPS) is 25.8. The van der Waals surface area contributed by atoms with Crippen LogP contribution in [0.4, 0.5) is 0 Å². The molecule has 0 aromatic carbocycles. The number of aromatic nitrogens is 3. The van der Waals surface area contributed by atoms with Gasteiger partial charge in [0.05, 0.1) is 12.2 Å². The second-order valence-corrected chi connectivity index (χ2v) is 3.62. The maximum absolute atomic E-state index is 10.5. The average molecular weight is 196 g/mol. The summed E-state index contributed by atoms with van der Waals surface area (Å²) in [6.07, 6.45) is 3.41. The second kappa shape index (κ2) is 3.38. The van der Waals surface area contributed by atoms with Gasteiger partial charge in [-0.1, -0.05) is 5.21 Å². The third-order valence-corrected chi connectivity index (χ3v) is 2.65. The van der Waals surface area contributed by atoms with Gasteiger partial charge in [-0.05, 0) is 25.3 Å². The Morgan fingerprint density at radius 3 is 2.93 bits per heavy atom. The summed E-state index contributed by atoms with van der Waals surface area (Å²) in [4.78, 5) is 10.5. The summed E-state index contributed by atoms with van der Waals surface area (Å²) >= 11 is 0. The first kappa shape index (κ1) is 9.14. The standard InChI is InChI=1S/C8H12N4O2/c9-3-5-1-6(2-5)12-4-7(8(13)14)10-11-12/h4-6H,1-3,9H2,(H,13,14). The lowest BCUT2D eigenvalue weighted by molar-refractivity contribution is 0.0690. The Bertz CT molecular complexity index is 343. The van der Waals surface area contributed by atoms with Crippen molar-refractivity contribution in [2.45, 2.75) is 18.9 Å². The smallest absolute Gasteiger partial charge is 0.358 e. The van der Waals surface area contributed by atoms with Gasteiger partial charge in [-0.15, -0.1) is 5.10 Å². The van der Waals surface area contributed by atoms with Crippen molar-refractivity contribution in [1.82, 2.24) is 15.0 Å². The van der Waals surface area contributed by atoms with Crippen molar-refractivity contribution in [3.05, 3.63) is 11.9 Å². The fourth-order valence-corrected chi connectivity index (χ4v) is 1.66. The molecule has 0 aliphatic heterocycles. The first-order valence-corrected chi connectivity index (χ1v) is 4.56. The van der Waals surface area contributed by atoms with Crippen molar-refractivity contribution in [1.29, 1.82) is 0 Å². The van der Waals surface area contributed by atoms with Gasteiger partial charge in [-0.25, -0.2) is 9.48 Å². The fraction of sp³-hybridized carbons (Fsp3) is 0.625. The third kappa shape index (κ3) is 1.48. The molecule has 6 heteroatoms. The molecule has 1 aliphatic carbocycles. The van der Waals surface area contributed by atoms with Crippen molar-refractivity contribution < 1.29 is 9.90 Å². The molecule has 1 aliphatic rings. The zero-order valence-electron chi connectivity index (χ0n) is 7.63. The van der Waals surface area contributed by atoms with E-state index in [0.717, 1.165) is 12.8 Å². The molecule has 14 heavy (non-hydrogen) atoms. The third-order valence-electron chi connectivity index (χ3n) is 2.65. The lowest BCUT2D eigenvalue weighted by Crippen LogP contribution is -2.32. The van der Waals surface area contributed by atoms with Gasteiger partial charge in [-0.3, -0.25) is 0 Å². The number of carbonyl (C=O) groups is 1. The molecule has 1 heterocycles. The molecule has 0 amide bonds. The molecule has 76 valence electrons. The summed E-state index contributed by atoms with van der Waals surface area (Å²) in [7, 11) is 0. The van der Waals surface area contributed by atoms with Crippen molar-refractivity contribution in [2.75, 3.05) is 6.54 Å². The van der Waals surface area contributed by atoms with Gasteiger partial charge in [0.1, 0.15) is 0 Å². The molecule has 0 spiro atoms. The van der Waals surface area contributed by atoms with Gasteiger partial charge >= 0.3 is 5.97 Å². The zero-order chi connectivity index (χ0) is 10.1. The second-order valence-electron chi connectivity index (χ2n) is 3.62. The van der Waals surface area contributed by atoms with E-state index in [4.69, 9.17) is 10.8 Å². The summed E-state index contributed by atoms with van der Waals surface area (Å²) in [5.74, 6) is -0.483. The Morgan fingerprint density at radius 1 is 1.71 bits per heavy atom. The number of hydrogen-bond acceptors (Lipinski definition) is 4. The van der Waals surface area contributed by atoms with Crippen LogP contribution >= 0.6 is 0 Å². The number of rotatable bonds is 3. The minimum Gasteiger partial charge on any atom is -0.476 e. The van der Waals surface area contributed by atoms with Crippen LogP contribution in [-0.4, -0.2) is 32.6 Å². The molecule has 1 fully saturated rings. The zero-order valence-corrected chi connectivity index (χ0v) is 7.63. The maximum Gasteiger partial charge on any atom is 0.358 e. The van der Waals surface area contributed by atoms with Crippen LogP contribution < -0.4 is 5.73 Å². The Hall–Kier alpha value is -1.43. The maximum atomic E-state index is 10.5. The molecule has 1 aromatic heterocycles. The minimum absolute atomic E-state index is 0.00111. The highest BCUT2D eigenvalue weighted by Gasteiger charge is 2.30. The van der Waals surface area contributed by atoms with Gasteiger partial charge in [0.15, 0.2) is 5.69 Å². The monoisotopic (exact) mass is 196 g/mol. The van der Waals surface area contributed by atoms with Gasteiger partial charge in [0, 0.05) is 0 Å². The molecule has 6 nitrogen and oxygen atoms in total. The largest absolute Gasteiger partial charge is 0.476 e. The highest BCUT2D eigenvalue weighted by atomic mass is 16.4. The van der Waals surface area contributed by atoms with Crippen molar-refractivity contribution >= 4 is 5.97 Å². The van der Waals surface area contributed by atoms with Crippen LogP contribution in [0.3, 0.4) is 0 Å². The summed E-state index contributed by atoms with van der Waals surface area (Å²) in [5.41, 5.74) is 5.49.